The van der Waals surface area contributed by atoms with E-state index in [0.29, 0.717) is 22.9 Å². The number of benzene rings is 1. The van der Waals surface area contributed by atoms with Crippen LogP contribution < -0.4 is 10.5 Å². The zero-order valence-electron chi connectivity index (χ0n) is 11.4. The highest BCUT2D eigenvalue weighted by atomic mass is 16.5. The lowest BCUT2D eigenvalue weighted by molar-refractivity contribution is 0.0601. The number of hydrogen-bond donors (Lipinski definition) is 1. The summed E-state index contributed by atoms with van der Waals surface area (Å²) < 4.78 is 10.4. The molecule has 18 heavy (non-hydrogen) atoms. The number of carbonyl (C=O) groups is 1. The van der Waals surface area contributed by atoms with Crippen molar-refractivity contribution in [2.45, 2.75) is 33.3 Å². The van der Waals surface area contributed by atoms with Crippen molar-refractivity contribution in [3.05, 3.63) is 23.8 Å². The van der Waals surface area contributed by atoms with Crippen LogP contribution in [-0.2, 0) is 4.74 Å². The minimum absolute atomic E-state index is 0.0557. The maximum Gasteiger partial charge on any atom is 0.340 e. The van der Waals surface area contributed by atoms with Gasteiger partial charge >= 0.3 is 5.97 Å². The molecule has 1 atom stereocenters. The number of methoxy groups -OCH3 is 1. The standard InChI is InChI=1S/C14H21NO3/c1-9(2)8-10(3)18-12-7-5-6-11(13(12)15)14(16)17-4/h5-7,9-10H,8,15H2,1-4H3. The Labute approximate surface area is 108 Å². The largest absolute Gasteiger partial charge is 0.489 e. The molecular weight excluding hydrogens is 230 g/mol. The Morgan fingerprint density at radius 2 is 2.00 bits per heavy atom. The Morgan fingerprint density at radius 1 is 1.33 bits per heavy atom. The van der Waals surface area contributed by atoms with Gasteiger partial charge in [0.05, 0.1) is 24.5 Å². The maximum absolute atomic E-state index is 11.5. The van der Waals surface area contributed by atoms with Gasteiger partial charge in [0.15, 0.2) is 0 Å². The average molecular weight is 251 g/mol. The Kier molecular flexibility index (Phi) is 5.01. The van der Waals surface area contributed by atoms with Crippen LogP contribution in [0, 0.1) is 5.92 Å². The lowest BCUT2D eigenvalue weighted by atomic mass is 10.1. The molecule has 1 unspecified atom stereocenters. The highest BCUT2D eigenvalue weighted by molar-refractivity contribution is 5.96. The lowest BCUT2D eigenvalue weighted by Gasteiger charge is -2.18. The van der Waals surface area contributed by atoms with Crippen LogP contribution in [0.4, 0.5) is 5.69 Å². The van der Waals surface area contributed by atoms with E-state index in [1.54, 1.807) is 18.2 Å². The summed E-state index contributed by atoms with van der Waals surface area (Å²) in [7, 11) is 1.33. The molecule has 0 bridgehead atoms. The Bertz CT molecular complexity index is 416. The number of para-hydroxylation sites is 1. The van der Waals surface area contributed by atoms with Crippen LogP contribution >= 0.6 is 0 Å². The van der Waals surface area contributed by atoms with Crippen molar-refractivity contribution in [2.75, 3.05) is 12.8 Å². The number of rotatable bonds is 5. The molecule has 2 N–H and O–H groups in total. The van der Waals surface area contributed by atoms with Gasteiger partial charge in [-0.3, -0.25) is 0 Å². The zero-order chi connectivity index (χ0) is 13.7. The van der Waals surface area contributed by atoms with E-state index < -0.39 is 5.97 Å². The van der Waals surface area contributed by atoms with E-state index in [1.165, 1.54) is 7.11 Å². The Balaban J connectivity index is 2.87. The molecule has 1 rings (SSSR count). The number of carbonyl (C=O) groups excluding carboxylic acids is 1. The smallest absolute Gasteiger partial charge is 0.340 e. The van der Waals surface area contributed by atoms with Gasteiger partial charge in [-0.25, -0.2) is 4.79 Å². The number of anilines is 1. The predicted molar refractivity (Wildman–Crippen MR) is 71.7 cm³/mol. The molecule has 1 aromatic rings. The van der Waals surface area contributed by atoms with Crippen LogP contribution in [-0.4, -0.2) is 19.2 Å². The van der Waals surface area contributed by atoms with Crippen LogP contribution in [0.2, 0.25) is 0 Å². The Morgan fingerprint density at radius 3 is 2.56 bits per heavy atom. The first kappa shape index (κ1) is 14.4. The normalized spacial score (nSPS) is 12.3. The van der Waals surface area contributed by atoms with Gasteiger partial charge in [-0.1, -0.05) is 19.9 Å². The summed E-state index contributed by atoms with van der Waals surface area (Å²) in [6.07, 6.45) is 0.988. The van der Waals surface area contributed by atoms with E-state index in [1.807, 2.05) is 6.92 Å². The molecular formula is C14H21NO3. The molecule has 0 amide bonds. The molecule has 0 spiro atoms. The van der Waals surface area contributed by atoms with Crippen molar-refractivity contribution in [1.82, 2.24) is 0 Å². The summed E-state index contributed by atoms with van der Waals surface area (Å²) >= 11 is 0. The van der Waals surface area contributed by atoms with Crippen LogP contribution in [0.5, 0.6) is 5.75 Å². The van der Waals surface area contributed by atoms with Gasteiger partial charge in [0.2, 0.25) is 0 Å². The molecule has 0 saturated heterocycles. The van der Waals surface area contributed by atoms with Crippen LogP contribution in [0.15, 0.2) is 18.2 Å². The van der Waals surface area contributed by atoms with Crippen LogP contribution in [0.1, 0.15) is 37.6 Å². The minimum Gasteiger partial charge on any atom is -0.489 e. The summed E-state index contributed by atoms with van der Waals surface area (Å²) in [6, 6.07) is 5.12. The van der Waals surface area contributed by atoms with E-state index >= 15 is 0 Å². The second-order valence-electron chi connectivity index (χ2n) is 4.77. The summed E-state index contributed by atoms with van der Waals surface area (Å²) in [5, 5.41) is 0. The van der Waals surface area contributed by atoms with Crippen LogP contribution in [0.3, 0.4) is 0 Å². The second kappa shape index (κ2) is 6.28. The fourth-order valence-electron chi connectivity index (χ4n) is 1.86. The summed E-state index contributed by atoms with van der Waals surface area (Å²) in [6.45, 7) is 6.26. The Hall–Kier alpha value is -1.71. The van der Waals surface area contributed by atoms with E-state index in [4.69, 9.17) is 10.5 Å². The summed E-state index contributed by atoms with van der Waals surface area (Å²) in [5.41, 5.74) is 6.59. The van der Waals surface area contributed by atoms with Crippen molar-refractivity contribution < 1.29 is 14.3 Å². The molecule has 4 heteroatoms. The molecule has 0 heterocycles. The van der Waals surface area contributed by atoms with Crippen molar-refractivity contribution >= 4 is 11.7 Å². The molecule has 0 fully saturated rings. The van der Waals surface area contributed by atoms with Gasteiger partial charge in [0.25, 0.3) is 0 Å². The van der Waals surface area contributed by atoms with E-state index in [9.17, 15) is 4.79 Å². The van der Waals surface area contributed by atoms with E-state index in [-0.39, 0.29) is 6.10 Å². The van der Waals surface area contributed by atoms with Gasteiger partial charge in [-0.15, -0.1) is 0 Å². The molecule has 0 aliphatic heterocycles. The molecule has 0 aromatic heterocycles. The summed E-state index contributed by atoms with van der Waals surface area (Å²) in [4.78, 5) is 11.5. The van der Waals surface area contributed by atoms with E-state index in [2.05, 4.69) is 18.6 Å². The molecule has 0 radical (unpaired) electrons. The monoisotopic (exact) mass is 251 g/mol. The quantitative estimate of drug-likeness (QED) is 0.645. The van der Waals surface area contributed by atoms with Crippen molar-refractivity contribution in [1.29, 1.82) is 0 Å². The molecule has 4 nitrogen and oxygen atoms in total. The second-order valence-corrected chi connectivity index (χ2v) is 4.77. The fourth-order valence-corrected chi connectivity index (χ4v) is 1.86. The van der Waals surface area contributed by atoms with Gasteiger partial charge in [-0.05, 0) is 31.4 Å². The first-order chi connectivity index (χ1) is 8.45. The number of nitrogen functional groups attached to an aromatic ring is 1. The molecule has 0 aliphatic rings. The first-order valence-corrected chi connectivity index (χ1v) is 6.09. The third kappa shape index (κ3) is 3.65. The van der Waals surface area contributed by atoms with Crippen LogP contribution in [0.25, 0.3) is 0 Å². The molecule has 100 valence electrons. The van der Waals surface area contributed by atoms with Gasteiger partial charge in [-0.2, -0.15) is 0 Å². The van der Waals surface area contributed by atoms with Crippen molar-refractivity contribution in [3.63, 3.8) is 0 Å². The minimum atomic E-state index is -0.450. The molecule has 0 aliphatic carbocycles. The zero-order valence-corrected chi connectivity index (χ0v) is 11.4. The highest BCUT2D eigenvalue weighted by Crippen LogP contribution is 2.27. The van der Waals surface area contributed by atoms with E-state index in [0.717, 1.165) is 6.42 Å². The average Bonchev–Trinajstić information content (AvgIpc) is 2.30. The number of ether oxygens (including phenoxy) is 2. The van der Waals surface area contributed by atoms with Gasteiger partial charge in [0, 0.05) is 0 Å². The molecule has 0 saturated carbocycles. The number of esters is 1. The number of hydrogen-bond acceptors (Lipinski definition) is 4. The number of nitrogens with two attached hydrogens (primary N) is 1. The topological polar surface area (TPSA) is 61.5 Å². The van der Waals surface area contributed by atoms with Gasteiger partial charge < -0.3 is 15.2 Å². The third-order valence-corrected chi connectivity index (χ3v) is 2.60. The third-order valence-electron chi connectivity index (χ3n) is 2.60. The maximum atomic E-state index is 11.5. The SMILES string of the molecule is COC(=O)c1cccc(OC(C)CC(C)C)c1N. The molecule has 1 aromatic carbocycles. The van der Waals surface area contributed by atoms with Crippen molar-refractivity contribution in [3.8, 4) is 5.75 Å². The first-order valence-electron chi connectivity index (χ1n) is 6.09. The highest BCUT2D eigenvalue weighted by Gasteiger charge is 2.15. The fraction of sp³-hybridized carbons (Fsp3) is 0.500. The predicted octanol–water partition coefficient (Wildman–Crippen LogP) is 2.87. The van der Waals surface area contributed by atoms with Gasteiger partial charge in [0.1, 0.15) is 5.75 Å². The summed E-state index contributed by atoms with van der Waals surface area (Å²) in [5.74, 6) is 0.630. The lowest BCUT2D eigenvalue weighted by Crippen LogP contribution is -2.16. The van der Waals surface area contributed by atoms with Crippen molar-refractivity contribution in [2.24, 2.45) is 5.92 Å².